The Balaban J connectivity index is 1.93. The number of carboxylic acid groups (broad SMARTS) is 1. The molecule has 2 aromatic carbocycles. The first kappa shape index (κ1) is 15.0. The molecule has 3 aromatic rings. The monoisotopic (exact) mass is 311 g/mol. The van der Waals surface area contributed by atoms with Gasteiger partial charge in [-0.05, 0) is 30.3 Å². The number of para-hydroxylation sites is 2. The zero-order chi connectivity index (χ0) is 16.4. The number of benzene rings is 2. The van der Waals surface area contributed by atoms with Crippen LogP contribution in [0.1, 0.15) is 16.1 Å². The van der Waals surface area contributed by atoms with Crippen LogP contribution in [0, 0.1) is 0 Å². The highest BCUT2D eigenvalue weighted by molar-refractivity contribution is 6.03. The van der Waals surface area contributed by atoms with Gasteiger partial charge in [0.1, 0.15) is 6.61 Å². The lowest BCUT2D eigenvalue weighted by Gasteiger charge is -2.10. The number of rotatable bonds is 5. The van der Waals surface area contributed by atoms with E-state index in [9.17, 15) is 9.90 Å². The van der Waals surface area contributed by atoms with E-state index in [1.165, 1.54) is 0 Å². The summed E-state index contributed by atoms with van der Waals surface area (Å²) in [5, 5.41) is 10.0. The third kappa shape index (κ3) is 2.73. The number of aromatic nitrogens is 1. The van der Waals surface area contributed by atoms with Crippen molar-refractivity contribution in [2.45, 2.75) is 6.61 Å². The molecule has 0 saturated carbocycles. The van der Waals surface area contributed by atoms with Gasteiger partial charge in [-0.15, -0.1) is 0 Å². The van der Waals surface area contributed by atoms with Gasteiger partial charge in [0.15, 0.2) is 11.5 Å². The lowest BCUT2D eigenvalue weighted by molar-refractivity contribution is 0.0699. The second-order valence-corrected chi connectivity index (χ2v) is 5.18. The van der Waals surface area contributed by atoms with Gasteiger partial charge in [-0.1, -0.05) is 18.2 Å². The standard InChI is InChI=1S/C18H17NO4/c1-19-12(11-23-17-9-4-3-8-16(17)22-2)10-14-13(18(20)21)6-5-7-15(14)19/h3-10H,11H2,1-2H3,(H,20,21). The third-order valence-electron chi connectivity index (χ3n) is 3.86. The summed E-state index contributed by atoms with van der Waals surface area (Å²) in [7, 11) is 3.49. The van der Waals surface area contributed by atoms with Crippen LogP contribution >= 0.6 is 0 Å². The molecule has 0 atom stereocenters. The maximum Gasteiger partial charge on any atom is 0.336 e. The molecular formula is C18H17NO4. The van der Waals surface area contributed by atoms with Crippen LogP contribution in [-0.2, 0) is 13.7 Å². The highest BCUT2D eigenvalue weighted by Gasteiger charge is 2.14. The fourth-order valence-electron chi connectivity index (χ4n) is 2.63. The molecule has 3 rings (SSSR count). The average Bonchev–Trinajstić information content (AvgIpc) is 2.89. The van der Waals surface area contributed by atoms with E-state index in [0.29, 0.717) is 29.1 Å². The Labute approximate surface area is 133 Å². The number of methoxy groups -OCH3 is 1. The summed E-state index contributed by atoms with van der Waals surface area (Å²) < 4.78 is 13.0. The van der Waals surface area contributed by atoms with Crippen LogP contribution < -0.4 is 9.47 Å². The second kappa shape index (κ2) is 6.04. The van der Waals surface area contributed by atoms with Crippen molar-refractivity contribution in [3.63, 3.8) is 0 Å². The van der Waals surface area contributed by atoms with E-state index in [0.717, 1.165) is 11.2 Å². The summed E-state index contributed by atoms with van der Waals surface area (Å²) in [6, 6.07) is 14.5. The topological polar surface area (TPSA) is 60.7 Å². The fourth-order valence-corrected chi connectivity index (χ4v) is 2.63. The molecule has 0 aliphatic rings. The van der Waals surface area contributed by atoms with Gasteiger partial charge in [-0.3, -0.25) is 0 Å². The van der Waals surface area contributed by atoms with Gasteiger partial charge in [0.25, 0.3) is 0 Å². The van der Waals surface area contributed by atoms with Crippen molar-refractivity contribution < 1.29 is 19.4 Å². The summed E-state index contributed by atoms with van der Waals surface area (Å²) in [6.45, 7) is 0.324. The molecule has 0 unspecified atom stereocenters. The number of fused-ring (bicyclic) bond motifs is 1. The predicted molar refractivity (Wildman–Crippen MR) is 87.2 cm³/mol. The minimum Gasteiger partial charge on any atom is -0.493 e. The maximum atomic E-state index is 11.3. The zero-order valence-corrected chi connectivity index (χ0v) is 12.9. The number of hydrogen-bond acceptors (Lipinski definition) is 3. The fraction of sp³-hybridized carbons (Fsp3) is 0.167. The molecule has 0 radical (unpaired) electrons. The van der Waals surface area contributed by atoms with Crippen molar-refractivity contribution in [3.8, 4) is 11.5 Å². The molecule has 5 heteroatoms. The highest BCUT2D eigenvalue weighted by atomic mass is 16.5. The lowest BCUT2D eigenvalue weighted by Crippen LogP contribution is -2.02. The Morgan fingerprint density at radius 1 is 1.13 bits per heavy atom. The van der Waals surface area contributed by atoms with E-state index in [4.69, 9.17) is 9.47 Å². The summed E-state index contributed by atoms with van der Waals surface area (Å²) in [6.07, 6.45) is 0. The summed E-state index contributed by atoms with van der Waals surface area (Å²) in [4.78, 5) is 11.3. The van der Waals surface area contributed by atoms with E-state index in [1.54, 1.807) is 19.2 Å². The van der Waals surface area contributed by atoms with E-state index in [-0.39, 0.29) is 0 Å². The molecule has 1 heterocycles. The van der Waals surface area contributed by atoms with E-state index < -0.39 is 5.97 Å². The molecule has 118 valence electrons. The molecule has 0 aliphatic heterocycles. The zero-order valence-electron chi connectivity index (χ0n) is 12.9. The van der Waals surface area contributed by atoms with Gasteiger partial charge in [0, 0.05) is 18.0 Å². The molecule has 0 amide bonds. The Morgan fingerprint density at radius 2 is 1.87 bits per heavy atom. The predicted octanol–water partition coefficient (Wildman–Crippen LogP) is 3.46. The largest absolute Gasteiger partial charge is 0.493 e. The number of nitrogens with zero attached hydrogens (tertiary/aromatic N) is 1. The molecule has 0 aliphatic carbocycles. The van der Waals surface area contributed by atoms with Gasteiger partial charge in [-0.2, -0.15) is 0 Å². The van der Waals surface area contributed by atoms with Gasteiger partial charge < -0.3 is 19.1 Å². The van der Waals surface area contributed by atoms with Gasteiger partial charge in [0.2, 0.25) is 0 Å². The number of aromatic carboxylic acids is 1. The Morgan fingerprint density at radius 3 is 2.57 bits per heavy atom. The van der Waals surface area contributed by atoms with Crippen molar-refractivity contribution in [3.05, 3.63) is 59.8 Å². The molecule has 5 nitrogen and oxygen atoms in total. The Kier molecular flexibility index (Phi) is 3.93. The van der Waals surface area contributed by atoms with E-state index in [2.05, 4.69) is 0 Å². The Bertz CT molecular complexity index is 867. The Hall–Kier alpha value is -2.95. The molecule has 0 saturated heterocycles. The first-order valence-electron chi connectivity index (χ1n) is 7.18. The number of ether oxygens (including phenoxy) is 2. The lowest BCUT2D eigenvalue weighted by atomic mass is 10.1. The molecule has 0 bridgehead atoms. The van der Waals surface area contributed by atoms with Crippen LogP contribution in [0.2, 0.25) is 0 Å². The third-order valence-corrected chi connectivity index (χ3v) is 3.86. The smallest absolute Gasteiger partial charge is 0.336 e. The normalized spacial score (nSPS) is 10.7. The first-order chi connectivity index (χ1) is 11.1. The minimum absolute atomic E-state index is 0.293. The average molecular weight is 311 g/mol. The highest BCUT2D eigenvalue weighted by Crippen LogP contribution is 2.28. The number of aryl methyl sites for hydroxylation is 1. The molecule has 1 aromatic heterocycles. The number of carboxylic acids is 1. The number of hydrogen-bond donors (Lipinski definition) is 1. The van der Waals surface area contributed by atoms with Gasteiger partial charge in [0.05, 0.1) is 18.4 Å². The summed E-state index contributed by atoms with van der Waals surface area (Å²) in [5.74, 6) is 0.384. The summed E-state index contributed by atoms with van der Waals surface area (Å²) in [5.41, 5.74) is 2.05. The van der Waals surface area contributed by atoms with Crippen LogP contribution in [0.4, 0.5) is 0 Å². The van der Waals surface area contributed by atoms with Crippen molar-refractivity contribution in [1.82, 2.24) is 4.57 Å². The molecular weight excluding hydrogens is 294 g/mol. The van der Waals surface area contributed by atoms with Crippen LogP contribution in [0.25, 0.3) is 10.9 Å². The van der Waals surface area contributed by atoms with Crippen molar-refractivity contribution in [2.24, 2.45) is 7.05 Å². The molecule has 23 heavy (non-hydrogen) atoms. The van der Waals surface area contributed by atoms with Crippen LogP contribution in [0.5, 0.6) is 11.5 Å². The van der Waals surface area contributed by atoms with Crippen molar-refractivity contribution >= 4 is 16.9 Å². The van der Waals surface area contributed by atoms with Crippen LogP contribution in [0.3, 0.4) is 0 Å². The minimum atomic E-state index is -0.932. The van der Waals surface area contributed by atoms with Crippen molar-refractivity contribution in [1.29, 1.82) is 0 Å². The van der Waals surface area contributed by atoms with Gasteiger partial charge in [-0.25, -0.2) is 4.79 Å². The second-order valence-electron chi connectivity index (χ2n) is 5.18. The SMILES string of the molecule is COc1ccccc1OCc1cc2c(C(=O)O)cccc2n1C. The first-order valence-corrected chi connectivity index (χ1v) is 7.18. The van der Waals surface area contributed by atoms with Gasteiger partial charge >= 0.3 is 5.97 Å². The molecule has 0 fully saturated rings. The van der Waals surface area contributed by atoms with E-state index >= 15 is 0 Å². The van der Waals surface area contributed by atoms with Crippen LogP contribution in [0.15, 0.2) is 48.5 Å². The quantitative estimate of drug-likeness (QED) is 0.784. The molecule has 0 spiro atoms. The van der Waals surface area contributed by atoms with E-state index in [1.807, 2.05) is 48.0 Å². The van der Waals surface area contributed by atoms with Crippen molar-refractivity contribution in [2.75, 3.05) is 7.11 Å². The maximum absolute atomic E-state index is 11.3. The van der Waals surface area contributed by atoms with Crippen LogP contribution in [-0.4, -0.2) is 22.8 Å². The number of carbonyl (C=O) groups is 1. The summed E-state index contributed by atoms with van der Waals surface area (Å²) >= 11 is 0. The molecule has 1 N–H and O–H groups in total.